The van der Waals surface area contributed by atoms with E-state index >= 15 is 0 Å². The molecule has 0 fully saturated rings. The number of nitrogens with two attached hydrogens (primary N) is 2. The fraction of sp³-hybridized carbons (Fsp3) is 0.0714. The first-order valence-electron chi connectivity index (χ1n) is 5.88. The maximum absolute atomic E-state index is 11.3. The first-order chi connectivity index (χ1) is 9.60. The summed E-state index contributed by atoms with van der Waals surface area (Å²) in [7, 11) is 0. The Kier molecular flexibility index (Phi) is 4.89. The third-order valence-electron chi connectivity index (χ3n) is 2.70. The van der Waals surface area contributed by atoms with Gasteiger partial charge < -0.3 is 5.73 Å². The Labute approximate surface area is 126 Å². The van der Waals surface area contributed by atoms with E-state index in [1.54, 1.807) is 36.0 Å². The quantitative estimate of drug-likeness (QED) is 0.267. The Morgan fingerprint density at radius 1 is 1.20 bits per heavy atom. The number of nitrogens with one attached hydrogen (secondary N) is 1. The summed E-state index contributed by atoms with van der Waals surface area (Å²) in [4.78, 5) is 12.3. The highest BCUT2D eigenvalue weighted by atomic mass is 35.5. The van der Waals surface area contributed by atoms with Gasteiger partial charge >= 0.3 is 0 Å². The Hall–Kier alpha value is -1.69. The van der Waals surface area contributed by atoms with Crippen LogP contribution in [-0.4, -0.2) is 5.91 Å². The molecule has 0 atom stereocenters. The van der Waals surface area contributed by atoms with Gasteiger partial charge in [0.1, 0.15) is 0 Å². The minimum absolute atomic E-state index is 0.303. The first-order valence-corrected chi connectivity index (χ1v) is 7.24. The third-order valence-corrected chi connectivity index (χ3v) is 4.26. The number of carbonyl (C=O) groups is 1. The molecule has 104 valence electrons. The number of hydrogen-bond donors (Lipinski definition) is 3. The van der Waals surface area contributed by atoms with Crippen LogP contribution < -0.4 is 17.0 Å². The summed E-state index contributed by atoms with van der Waals surface area (Å²) in [6.07, 6.45) is 0. The van der Waals surface area contributed by atoms with E-state index in [2.05, 4.69) is 5.43 Å². The van der Waals surface area contributed by atoms with Gasteiger partial charge in [0.2, 0.25) is 0 Å². The lowest BCUT2D eigenvalue weighted by atomic mass is 10.1. The fourth-order valence-corrected chi connectivity index (χ4v) is 2.85. The normalized spacial score (nSPS) is 10.3. The maximum atomic E-state index is 11.3. The number of halogens is 1. The fourth-order valence-electron chi connectivity index (χ4n) is 1.63. The number of hydrazine groups is 1. The van der Waals surface area contributed by atoms with Crippen LogP contribution in [0.3, 0.4) is 0 Å². The summed E-state index contributed by atoms with van der Waals surface area (Å²) in [5.41, 5.74) is 10.1. The Morgan fingerprint density at radius 3 is 2.55 bits per heavy atom. The van der Waals surface area contributed by atoms with E-state index in [0.29, 0.717) is 16.3 Å². The highest BCUT2D eigenvalue weighted by Gasteiger charge is 2.05. The van der Waals surface area contributed by atoms with Gasteiger partial charge in [0.05, 0.1) is 5.02 Å². The van der Waals surface area contributed by atoms with E-state index in [1.807, 2.05) is 18.2 Å². The molecule has 0 aromatic heterocycles. The maximum Gasteiger partial charge on any atom is 0.265 e. The smallest absolute Gasteiger partial charge is 0.265 e. The van der Waals surface area contributed by atoms with Gasteiger partial charge in [-0.1, -0.05) is 23.7 Å². The molecule has 0 aliphatic carbocycles. The number of carbonyl (C=O) groups excluding carboxylic acids is 1. The van der Waals surface area contributed by atoms with Gasteiger partial charge in [-0.2, -0.15) is 0 Å². The molecule has 1 amide bonds. The average Bonchev–Trinajstić information content (AvgIpc) is 2.48. The van der Waals surface area contributed by atoms with Crippen LogP contribution in [0.25, 0.3) is 0 Å². The number of anilines is 1. The molecule has 2 aromatic rings. The Bertz CT molecular complexity index is 616. The molecule has 0 bridgehead atoms. The van der Waals surface area contributed by atoms with Crippen molar-refractivity contribution in [2.24, 2.45) is 5.84 Å². The van der Waals surface area contributed by atoms with E-state index < -0.39 is 0 Å². The minimum Gasteiger partial charge on any atom is -0.399 e. The van der Waals surface area contributed by atoms with Crippen molar-refractivity contribution in [2.45, 2.75) is 10.6 Å². The molecular formula is C14H14ClN3OS. The van der Waals surface area contributed by atoms with Gasteiger partial charge in [-0.25, -0.2) is 5.84 Å². The van der Waals surface area contributed by atoms with Crippen LogP contribution in [0.2, 0.25) is 5.02 Å². The molecule has 4 nitrogen and oxygen atoms in total. The van der Waals surface area contributed by atoms with Gasteiger partial charge in [0, 0.05) is 21.9 Å². The summed E-state index contributed by atoms with van der Waals surface area (Å²) < 4.78 is 0. The van der Waals surface area contributed by atoms with Gasteiger partial charge in [-0.05, 0) is 35.9 Å². The molecule has 20 heavy (non-hydrogen) atoms. The van der Waals surface area contributed by atoms with Gasteiger partial charge in [0.15, 0.2) is 0 Å². The minimum atomic E-state index is -0.303. The molecular weight excluding hydrogens is 294 g/mol. The lowest BCUT2D eigenvalue weighted by Gasteiger charge is -2.06. The Balaban J connectivity index is 2.04. The number of rotatable bonds is 4. The van der Waals surface area contributed by atoms with E-state index in [4.69, 9.17) is 23.2 Å². The first kappa shape index (κ1) is 14.7. The average molecular weight is 308 g/mol. The molecule has 5 N–H and O–H groups in total. The van der Waals surface area contributed by atoms with Crippen molar-refractivity contribution in [1.29, 1.82) is 0 Å². The van der Waals surface area contributed by atoms with Crippen LogP contribution in [0.4, 0.5) is 5.69 Å². The monoisotopic (exact) mass is 307 g/mol. The van der Waals surface area contributed by atoms with Crippen molar-refractivity contribution in [2.75, 3.05) is 5.73 Å². The topological polar surface area (TPSA) is 81.1 Å². The molecule has 2 aromatic carbocycles. The second-order valence-corrected chi connectivity index (χ2v) is 5.57. The van der Waals surface area contributed by atoms with E-state index in [9.17, 15) is 4.79 Å². The number of nitrogen functional groups attached to an aromatic ring is 2. The number of thioether (sulfide) groups is 1. The third kappa shape index (κ3) is 3.66. The zero-order chi connectivity index (χ0) is 14.5. The largest absolute Gasteiger partial charge is 0.399 e. The number of benzene rings is 2. The molecule has 0 unspecified atom stereocenters. The SMILES string of the molecule is NNC(=O)c1ccc(CSc2cc(N)ccc2Cl)cc1. The second-order valence-electron chi connectivity index (χ2n) is 4.15. The van der Waals surface area contributed by atoms with Crippen molar-refractivity contribution in [3.63, 3.8) is 0 Å². The summed E-state index contributed by atoms with van der Waals surface area (Å²) in [6, 6.07) is 12.7. The summed E-state index contributed by atoms with van der Waals surface area (Å²) in [5, 5.41) is 0.684. The highest BCUT2D eigenvalue weighted by Crippen LogP contribution is 2.31. The van der Waals surface area contributed by atoms with Crippen molar-refractivity contribution < 1.29 is 4.79 Å². The summed E-state index contributed by atoms with van der Waals surface area (Å²) >= 11 is 7.70. The predicted molar refractivity (Wildman–Crippen MR) is 83.5 cm³/mol. The summed E-state index contributed by atoms with van der Waals surface area (Å²) in [5.74, 6) is 5.52. The molecule has 6 heteroatoms. The molecule has 0 aliphatic heterocycles. The van der Waals surface area contributed by atoms with Crippen molar-refractivity contribution in [3.05, 3.63) is 58.6 Å². The molecule has 0 saturated heterocycles. The molecule has 0 spiro atoms. The Morgan fingerprint density at radius 2 is 1.90 bits per heavy atom. The van der Waals surface area contributed by atoms with Crippen LogP contribution in [0.5, 0.6) is 0 Å². The van der Waals surface area contributed by atoms with Crippen LogP contribution >= 0.6 is 23.4 Å². The molecule has 0 radical (unpaired) electrons. The van der Waals surface area contributed by atoms with Crippen molar-refractivity contribution >= 4 is 35.0 Å². The van der Waals surface area contributed by atoms with Crippen molar-refractivity contribution in [3.8, 4) is 0 Å². The van der Waals surface area contributed by atoms with Crippen LogP contribution in [0.1, 0.15) is 15.9 Å². The van der Waals surface area contributed by atoms with Crippen LogP contribution in [0.15, 0.2) is 47.4 Å². The molecule has 0 heterocycles. The molecule has 2 rings (SSSR count). The predicted octanol–water partition coefficient (Wildman–Crippen LogP) is 2.82. The zero-order valence-electron chi connectivity index (χ0n) is 10.6. The summed E-state index contributed by atoms with van der Waals surface area (Å²) in [6.45, 7) is 0. The standard InChI is InChI=1S/C14H14ClN3OS/c15-12-6-5-11(16)7-13(12)20-8-9-1-3-10(4-2-9)14(19)18-17/h1-7H,8,16-17H2,(H,18,19). The number of hydrogen-bond acceptors (Lipinski definition) is 4. The van der Waals surface area contributed by atoms with Crippen LogP contribution in [0, 0.1) is 0 Å². The molecule has 0 saturated carbocycles. The van der Waals surface area contributed by atoms with Gasteiger partial charge in [0.25, 0.3) is 5.91 Å². The van der Waals surface area contributed by atoms with Crippen LogP contribution in [-0.2, 0) is 5.75 Å². The molecule has 0 aliphatic rings. The van der Waals surface area contributed by atoms with Gasteiger partial charge in [-0.3, -0.25) is 10.2 Å². The van der Waals surface area contributed by atoms with E-state index in [-0.39, 0.29) is 5.91 Å². The number of amides is 1. The van der Waals surface area contributed by atoms with Crippen molar-refractivity contribution in [1.82, 2.24) is 5.43 Å². The van der Waals surface area contributed by atoms with E-state index in [0.717, 1.165) is 16.2 Å². The van der Waals surface area contributed by atoms with Gasteiger partial charge in [-0.15, -0.1) is 11.8 Å². The lowest BCUT2D eigenvalue weighted by molar-refractivity contribution is 0.0953. The highest BCUT2D eigenvalue weighted by molar-refractivity contribution is 7.98. The second kappa shape index (κ2) is 6.65. The lowest BCUT2D eigenvalue weighted by Crippen LogP contribution is -2.29. The van der Waals surface area contributed by atoms with E-state index in [1.165, 1.54) is 0 Å². The zero-order valence-corrected chi connectivity index (χ0v) is 12.2.